The van der Waals surface area contributed by atoms with Crippen molar-refractivity contribution < 1.29 is 13.2 Å². The van der Waals surface area contributed by atoms with Gasteiger partial charge in [-0.05, 0) is 73.9 Å². The molecule has 4 rings (SSSR count). The zero-order valence-corrected chi connectivity index (χ0v) is 22.3. The van der Waals surface area contributed by atoms with E-state index in [9.17, 15) is 13.2 Å². The molecule has 0 aliphatic carbocycles. The third-order valence-electron chi connectivity index (χ3n) is 5.77. The summed E-state index contributed by atoms with van der Waals surface area (Å²) in [7, 11) is -3.89. The van der Waals surface area contributed by atoms with Crippen molar-refractivity contribution in [2.75, 3.05) is 11.4 Å². The molecular formula is C25H24Br2N2O3S. The molecule has 0 saturated carbocycles. The van der Waals surface area contributed by atoms with Crippen molar-refractivity contribution in [1.82, 2.24) is 4.31 Å². The van der Waals surface area contributed by atoms with Crippen molar-refractivity contribution in [3.8, 4) is 0 Å². The molecule has 3 aromatic rings. The van der Waals surface area contributed by atoms with Crippen molar-refractivity contribution in [3.63, 3.8) is 0 Å². The van der Waals surface area contributed by atoms with Gasteiger partial charge < -0.3 is 4.90 Å². The number of amides is 1. The lowest BCUT2D eigenvalue weighted by Gasteiger charge is -2.27. The van der Waals surface area contributed by atoms with Gasteiger partial charge in [-0.2, -0.15) is 4.31 Å². The summed E-state index contributed by atoms with van der Waals surface area (Å²) in [4.78, 5) is 15.4. The first-order valence-electron chi connectivity index (χ1n) is 10.6. The number of halogens is 2. The second-order valence-electron chi connectivity index (χ2n) is 8.30. The van der Waals surface area contributed by atoms with Gasteiger partial charge in [0, 0.05) is 27.2 Å². The number of hydrogen-bond donors (Lipinski definition) is 0. The van der Waals surface area contributed by atoms with E-state index in [0.29, 0.717) is 0 Å². The molecule has 1 heterocycles. The summed E-state index contributed by atoms with van der Waals surface area (Å²) in [6.45, 7) is 3.75. The third-order valence-corrected chi connectivity index (χ3v) is 8.60. The number of benzene rings is 3. The standard InChI is InChI=1S/C25H24Br2N2O3S/c1-17-3-10-23(11-4-17)33(31,32)28(15-19-5-7-21(26)8-6-19)16-25(30)29-18(2)13-20-14-22(27)9-12-24(20)29/h3-12,14,18H,13,15-16H2,1-2H3/t18-/m1/s1. The van der Waals surface area contributed by atoms with Gasteiger partial charge in [0.2, 0.25) is 15.9 Å². The van der Waals surface area contributed by atoms with E-state index in [4.69, 9.17) is 0 Å². The average molecular weight is 592 g/mol. The van der Waals surface area contributed by atoms with Gasteiger partial charge in [0.1, 0.15) is 0 Å². The van der Waals surface area contributed by atoms with Crippen LogP contribution in [0.2, 0.25) is 0 Å². The fraction of sp³-hybridized carbons (Fsp3) is 0.240. The molecule has 1 aliphatic rings. The summed E-state index contributed by atoms with van der Waals surface area (Å²) >= 11 is 6.90. The first kappa shape index (κ1) is 24.1. The van der Waals surface area contributed by atoms with Crippen LogP contribution < -0.4 is 4.90 Å². The molecule has 1 amide bonds. The zero-order valence-electron chi connectivity index (χ0n) is 18.3. The monoisotopic (exact) mass is 590 g/mol. The number of nitrogens with zero attached hydrogens (tertiary/aromatic N) is 2. The van der Waals surface area contributed by atoms with Gasteiger partial charge in [-0.3, -0.25) is 4.79 Å². The smallest absolute Gasteiger partial charge is 0.243 e. The Morgan fingerprint density at radius 2 is 1.64 bits per heavy atom. The zero-order chi connectivity index (χ0) is 23.8. The topological polar surface area (TPSA) is 57.7 Å². The number of carbonyl (C=O) groups excluding carboxylic acids is 1. The first-order chi connectivity index (χ1) is 15.6. The van der Waals surface area contributed by atoms with Crippen molar-refractivity contribution >= 4 is 53.5 Å². The quantitative estimate of drug-likeness (QED) is 0.370. The average Bonchev–Trinajstić information content (AvgIpc) is 3.09. The molecule has 0 radical (unpaired) electrons. The Kier molecular flexibility index (Phi) is 7.09. The highest BCUT2D eigenvalue weighted by Crippen LogP contribution is 2.34. The lowest BCUT2D eigenvalue weighted by molar-refractivity contribution is -0.119. The van der Waals surface area contributed by atoms with Crippen molar-refractivity contribution in [3.05, 3.63) is 92.4 Å². The first-order valence-corrected chi connectivity index (χ1v) is 13.6. The van der Waals surface area contributed by atoms with Gasteiger partial charge in [0.05, 0.1) is 11.4 Å². The lowest BCUT2D eigenvalue weighted by atomic mass is 10.1. The van der Waals surface area contributed by atoms with Crippen LogP contribution in [-0.2, 0) is 27.8 Å². The van der Waals surface area contributed by atoms with Crippen LogP contribution in [0.4, 0.5) is 5.69 Å². The highest BCUT2D eigenvalue weighted by Gasteiger charge is 2.34. The van der Waals surface area contributed by atoms with Gasteiger partial charge >= 0.3 is 0 Å². The normalized spacial score (nSPS) is 15.7. The Morgan fingerprint density at radius 1 is 1.00 bits per heavy atom. The molecule has 5 nitrogen and oxygen atoms in total. The van der Waals surface area contributed by atoms with E-state index in [1.165, 1.54) is 4.31 Å². The fourth-order valence-electron chi connectivity index (χ4n) is 4.09. The minimum Gasteiger partial charge on any atom is -0.308 e. The number of anilines is 1. The van der Waals surface area contributed by atoms with E-state index < -0.39 is 10.0 Å². The van der Waals surface area contributed by atoms with Crippen LogP contribution in [0, 0.1) is 6.92 Å². The number of fused-ring (bicyclic) bond motifs is 1. The second kappa shape index (κ2) is 9.70. The highest BCUT2D eigenvalue weighted by atomic mass is 79.9. The summed E-state index contributed by atoms with van der Waals surface area (Å²) in [6.07, 6.45) is 0.734. The fourth-order valence-corrected chi connectivity index (χ4v) is 6.14. The maximum Gasteiger partial charge on any atom is 0.243 e. The summed E-state index contributed by atoms with van der Waals surface area (Å²) < 4.78 is 30.3. The third kappa shape index (κ3) is 5.24. The molecule has 0 bridgehead atoms. The molecule has 1 atom stereocenters. The van der Waals surface area contributed by atoms with Gasteiger partial charge in [0.25, 0.3) is 0 Å². The molecule has 0 saturated heterocycles. The van der Waals surface area contributed by atoms with E-state index in [1.807, 2.05) is 56.3 Å². The molecule has 3 aromatic carbocycles. The van der Waals surface area contributed by atoms with E-state index in [1.54, 1.807) is 29.2 Å². The Bertz CT molecular complexity index is 1280. The van der Waals surface area contributed by atoms with Crippen LogP contribution in [0.5, 0.6) is 0 Å². The molecular weight excluding hydrogens is 568 g/mol. The van der Waals surface area contributed by atoms with E-state index in [0.717, 1.165) is 37.7 Å². The van der Waals surface area contributed by atoms with Gasteiger partial charge in [-0.25, -0.2) is 8.42 Å². The van der Waals surface area contributed by atoms with Crippen LogP contribution in [0.25, 0.3) is 0 Å². The summed E-state index contributed by atoms with van der Waals surface area (Å²) in [5.74, 6) is -0.239. The molecule has 0 N–H and O–H groups in total. The van der Waals surface area contributed by atoms with Crippen LogP contribution in [-0.4, -0.2) is 31.2 Å². The largest absolute Gasteiger partial charge is 0.308 e. The Morgan fingerprint density at radius 3 is 2.30 bits per heavy atom. The van der Waals surface area contributed by atoms with E-state index in [-0.39, 0.29) is 29.9 Å². The minimum absolute atomic E-state index is 0.0431. The van der Waals surface area contributed by atoms with E-state index in [2.05, 4.69) is 31.9 Å². The van der Waals surface area contributed by atoms with Crippen LogP contribution >= 0.6 is 31.9 Å². The van der Waals surface area contributed by atoms with Crippen LogP contribution in [0.1, 0.15) is 23.6 Å². The van der Waals surface area contributed by atoms with Crippen molar-refractivity contribution in [2.24, 2.45) is 0 Å². The molecule has 0 spiro atoms. The summed E-state index contributed by atoms with van der Waals surface area (Å²) in [5, 5.41) is 0. The maximum absolute atomic E-state index is 13.6. The Labute approximate surface area is 211 Å². The van der Waals surface area contributed by atoms with Gasteiger partial charge in [-0.1, -0.05) is 61.7 Å². The summed E-state index contributed by atoms with van der Waals surface area (Å²) in [6, 6.07) is 20.0. The number of aryl methyl sites for hydroxylation is 1. The molecule has 0 unspecified atom stereocenters. The maximum atomic E-state index is 13.6. The number of sulfonamides is 1. The number of hydrogen-bond acceptors (Lipinski definition) is 3. The number of rotatable bonds is 6. The lowest BCUT2D eigenvalue weighted by Crippen LogP contribution is -2.44. The molecule has 0 aromatic heterocycles. The van der Waals surface area contributed by atoms with E-state index >= 15 is 0 Å². The molecule has 8 heteroatoms. The summed E-state index contributed by atoms with van der Waals surface area (Å²) in [5.41, 5.74) is 3.69. The predicted octanol–water partition coefficient (Wildman–Crippen LogP) is 5.69. The van der Waals surface area contributed by atoms with Crippen molar-refractivity contribution in [2.45, 2.75) is 37.8 Å². The number of carbonyl (C=O) groups is 1. The Hall–Kier alpha value is -2.00. The van der Waals surface area contributed by atoms with Crippen molar-refractivity contribution in [1.29, 1.82) is 0 Å². The molecule has 0 fully saturated rings. The Balaban J connectivity index is 1.67. The van der Waals surface area contributed by atoms with Gasteiger partial charge in [0.15, 0.2) is 0 Å². The highest BCUT2D eigenvalue weighted by molar-refractivity contribution is 9.10. The molecule has 1 aliphatic heterocycles. The predicted molar refractivity (Wildman–Crippen MR) is 138 cm³/mol. The second-order valence-corrected chi connectivity index (χ2v) is 12.1. The molecule has 172 valence electrons. The van der Waals surface area contributed by atoms with Crippen LogP contribution in [0.3, 0.4) is 0 Å². The van der Waals surface area contributed by atoms with Crippen LogP contribution in [0.15, 0.2) is 80.6 Å². The minimum atomic E-state index is -3.89. The molecule has 33 heavy (non-hydrogen) atoms. The van der Waals surface area contributed by atoms with Gasteiger partial charge in [-0.15, -0.1) is 0 Å². The SMILES string of the molecule is Cc1ccc(S(=O)(=O)N(CC(=O)N2c3ccc(Br)cc3C[C@H]2C)Cc2ccc(Br)cc2)cc1.